The minimum Gasteiger partial charge on any atom is -0.379 e. The Hall–Kier alpha value is -2.20. The molecule has 0 radical (unpaired) electrons. The maximum absolute atomic E-state index is 13.1. The second-order valence-corrected chi connectivity index (χ2v) is 11.2. The normalized spacial score (nSPS) is 15.4. The number of morpholine rings is 1. The SMILES string of the molecule is Cc1cc(-c2csc(NCC(C)C)n2)c(C)n1-c1cccc(S(=O)(=O)N2CCOCC2)c1. The van der Waals surface area contributed by atoms with Gasteiger partial charge in [-0.25, -0.2) is 13.4 Å². The zero-order chi connectivity index (χ0) is 22.9. The largest absolute Gasteiger partial charge is 0.379 e. The van der Waals surface area contributed by atoms with Crippen molar-refractivity contribution in [2.75, 3.05) is 38.2 Å². The molecular formula is C23H30N4O3S2. The number of nitrogens with zero attached hydrogens (tertiary/aromatic N) is 3. The molecule has 1 fully saturated rings. The average Bonchev–Trinajstić information content (AvgIpc) is 3.36. The lowest BCUT2D eigenvalue weighted by molar-refractivity contribution is 0.0730. The van der Waals surface area contributed by atoms with E-state index in [0.29, 0.717) is 37.1 Å². The Kier molecular flexibility index (Phi) is 6.71. The Bertz CT molecular complexity index is 1190. The molecule has 2 aromatic heterocycles. The number of rotatable bonds is 7. The summed E-state index contributed by atoms with van der Waals surface area (Å²) in [5.74, 6) is 0.549. The van der Waals surface area contributed by atoms with Crippen LogP contribution in [0.4, 0.5) is 5.13 Å². The maximum Gasteiger partial charge on any atom is 0.243 e. The molecule has 0 aliphatic carbocycles. The van der Waals surface area contributed by atoms with Crippen LogP contribution in [0.2, 0.25) is 0 Å². The van der Waals surface area contributed by atoms with E-state index in [9.17, 15) is 8.42 Å². The van der Waals surface area contributed by atoms with E-state index < -0.39 is 10.0 Å². The molecule has 32 heavy (non-hydrogen) atoms. The van der Waals surface area contributed by atoms with Crippen molar-refractivity contribution in [3.05, 3.63) is 47.1 Å². The number of benzene rings is 1. The predicted octanol–water partition coefficient (Wildman–Crippen LogP) is 4.31. The number of sulfonamides is 1. The summed E-state index contributed by atoms with van der Waals surface area (Å²) < 4.78 is 35.1. The smallest absolute Gasteiger partial charge is 0.243 e. The summed E-state index contributed by atoms with van der Waals surface area (Å²) >= 11 is 1.60. The highest BCUT2D eigenvalue weighted by atomic mass is 32.2. The van der Waals surface area contributed by atoms with Crippen LogP contribution in [0.15, 0.2) is 40.6 Å². The lowest BCUT2D eigenvalue weighted by atomic mass is 10.2. The van der Waals surface area contributed by atoms with Gasteiger partial charge in [0, 0.05) is 47.7 Å². The van der Waals surface area contributed by atoms with Crippen molar-refractivity contribution in [3.8, 4) is 16.9 Å². The average molecular weight is 475 g/mol. The highest BCUT2D eigenvalue weighted by molar-refractivity contribution is 7.89. The lowest BCUT2D eigenvalue weighted by Crippen LogP contribution is -2.40. The molecule has 3 heterocycles. The molecule has 0 spiro atoms. The number of anilines is 1. The molecule has 0 bridgehead atoms. The van der Waals surface area contributed by atoms with Crippen molar-refractivity contribution < 1.29 is 13.2 Å². The van der Waals surface area contributed by atoms with E-state index >= 15 is 0 Å². The molecular weight excluding hydrogens is 444 g/mol. The molecule has 1 N–H and O–H groups in total. The second-order valence-electron chi connectivity index (χ2n) is 8.45. The van der Waals surface area contributed by atoms with Crippen molar-refractivity contribution in [2.24, 2.45) is 5.92 Å². The summed E-state index contributed by atoms with van der Waals surface area (Å²) in [7, 11) is -3.55. The summed E-state index contributed by atoms with van der Waals surface area (Å²) in [4.78, 5) is 5.06. The molecule has 9 heteroatoms. The number of nitrogens with one attached hydrogen (secondary N) is 1. The summed E-state index contributed by atoms with van der Waals surface area (Å²) in [6.45, 7) is 10.9. The van der Waals surface area contributed by atoms with Gasteiger partial charge in [0.05, 0.1) is 23.8 Å². The summed E-state index contributed by atoms with van der Waals surface area (Å²) in [6, 6.07) is 9.28. The van der Waals surface area contributed by atoms with Crippen molar-refractivity contribution in [1.82, 2.24) is 13.9 Å². The number of thiazole rings is 1. The van der Waals surface area contributed by atoms with Crippen LogP contribution in [0.1, 0.15) is 25.2 Å². The molecule has 0 amide bonds. The minimum absolute atomic E-state index is 0.305. The Morgan fingerprint density at radius 3 is 2.66 bits per heavy atom. The number of hydrogen-bond donors (Lipinski definition) is 1. The number of aryl methyl sites for hydroxylation is 1. The third-order valence-corrected chi connectivity index (χ3v) is 8.25. The fraction of sp³-hybridized carbons (Fsp3) is 0.435. The van der Waals surface area contributed by atoms with Gasteiger partial charge in [0.15, 0.2) is 5.13 Å². The zero-order valence-electron chi connectivity index (χ0n) is 19.0. The van der Waals surface area contributed by atoms with Crippen LogP contribution in [0.25, 0.3) is 16.9 Å². The molecule has 0 saturated carbocycles. The fourth-order valence-electron chi connectivity index (χ4n) is 3.91. The lowest BCUT2D eigenvalue weighted by Gasteiger charge is -2.26. The quantitative estimate of drug-likeness (QED) is 0.552. The topological polar surface area (TPSA) is 76.5 Å². The summed E-state index contributed by atoms with van der Waals surface area (Å²) in [6.07, 6.45) is 0. The highest BCUT2D eigenvalue weighted by Crippen LogP contribution is 2.32. The van der Waals surface area contributed by atoms with Gasteiger partial charge in [-0.05, 0) is 44.0 Å². The second kappa shape index (κ2) is 9.35. The summed E-state index contributed by atoms with van der Waals surface area (Å²) in [5, 5.41) is 6.36. The maximum atomic E-state index is 13.1. The van der Waals surface area contributed by atoms with Crippen molar-refractivity contribution in [3.63, 3.8) is 0 Å². The fourth-order valence-corrected chi connectivity index (χ4v) is 6.08. The molecule has 0 unspecified atom stereocenters. The Balaban J connectivity index is 1.65. The van der Waals surface area contributed by atoms with Gasteiger partial charge >= 0.3 is 0 Å². The van der Waals surface area contributed by atoms with Gasteiger partial charge in [-0.3, -0.25) is 0 Å². The first-order valence-corrected chi connectivity index (χ1v) is 13.2. The first kappa shape index (κ1) is 23.0. The minimum atomic E-state index is -3.55. The van der Waals surface area contributed by atoms with Crippen LogP contribution >= 0.6 is 11.3 Å². The van der Waals surface area contributed by atoms with E-state index in [1.54, 1.807) is 29.5 Å². The van der Waals surface area contributed by atoms with E-state index in [1.165, 1.54) is 4.31 Å². The third kappa shape index (κ3) is 4.61. The molecule has 172 valence electrons. The van der Waals surface area contributed by atoms with Crippen LogP contribution in [-0.4, -0.2) is 55.1 Å². The van der Waals surface area contributed by atoms with Crippen LogP contribution in [0.5, 0.6) is 0 Å². The summed E-state index contributed by atoms with van der Waals surface area (Å²) in [5.41, 5.74) is 4.87. The molecule has 1 saturated heterocycles. The van der Waals surface area contributed by atoms with Crippen molar-refractivity contribution >= 4 is 26.5 Å². The Morgan fingerprint density at radius 2 is 1.94 bits per heavy atom. The molecule has 1 aromatic carbocycles. The van der Waals surface area contributed by atoms with E-state index in [4.69, 9.17) is 9.72 Å². The molecule has 7 nitrogen and oxygen atoms in total. The van der Waals surface area contributed by atoms with Gasteiger partial charge in [-0.1, -0.05) is 19.9 Å². The molecule has 1 aliphatic heterocycles. The predicted molar refractivity (Wildman–Crippen MR) is 129 cm³/mol. The van der Waals surface area contributed by atoms with Gasteiger partial charge in [-0.15, -0.1) is 11.3 Å². The van der Waals surface area contributed by atoms with E-state index in [1.807, 2.05) is 19.9 Å². The van der Waals surface area contributed by atoms with Gasteiger partial charge < -0.3 is 14.6 Å². The Morgan fingerprint density at radius 1 is 1.19 bits per heavy atom. The van der Waals surface area contributed by atoms with Gasteiger partial charge in [0.2, 0.25) is 10.0 Å². The van der Waals surface area contributed by atoms with Crippen molar-refractivity contribution in [1.29, 1.82) is 0 Å². The molecule has 1 aliphatic rings. The number of aromatic nitrogens is 2. The van der Waals surface area contributed by atoms with Crippen LogP contribution in [-0.2, 0) is 14.8 Å². The van der Waals surface area contributed by atoms with E-state index in [-0.39, 0.29) is 0 Å². The van der Waals surface area contributed by atoms with E-state index in [0.717, 1.165) is 40.0 Å². The van der Waals surface area contributed by atoms with Gasteiger partial charge in [-0.2, -0.15) is 4.31 Å². The standard InChI is InChI=1S/C23H30N4O3S2/c1-16(2)14-24-23-25-22(15-31-23)21-12-17(3)27(18(21)4)19-6-5-7-20(13-19)32(28,29)26-8-10-30-11-9-26/h5-7,12-13,15-16H,8-11,14H2,1-4H3,(H,24,25). The number of ether oxygens (including phenoxy) is 1. The van der Waals surface area contributed by atoms with Gasteiger partial charge in [0.1, 0.15) is 0 Å². The zero-order valence-corrected chi connectivity index (χ0v) is 20.6. The number of hydrogen-bond acceptors (Lipinski definition) is 6. The van der Waals surface area contributed by atoms with Gasteiger partial charge in [0.25, 0.3) is 0 Å². The van der Waals surface area contributed by atoms with Crippen LogP contribution < -0.4 is 5.32 Å². The monoisotopic (exact) mass is 474 g/mol. The molecule has 0 atom stereocenters. The van der Waals surface area contributed by atoms with Crippen LogP contribution in [0, 0.1) is 19.8 Å². The molecule has 3 aromatic rings. The van der Waals surface area contributed by atoms with E-state index in [2.05, 4.69) is 35.2 Å². The van der Waals surface area contributed by atoms with Crippen molar-refractivity contribution in [2.45, 2.75) is 32.6 Å². The third-order valence-electron chi connectivity index (χ3n) is 5.56. The highest BCUT2D eigenvalue weighted by Gasteiger charge is 2.27. The molecule has 4 rings (SSSR count). The first-order chi connectivity index (χ1) is 15.3. The van der Waals surface area contributed by atoms with Crippen LogP contribution in [0.3, 0.4) is 0 Å². The Labute approximate surface area is 194 Å². The first-order valence-electron chi connectivity index (χ1n) is 10.8.